The van der Waals surface area contributed by atoms with Crippen molar-refractivity contribution in [1.82, 2.24) is 9.88 Å². The quantitative estimate of drug-likeness (QED) is 0.241. The number of hydrogen-bond acceptors (Lipinski definition) is 6. The van der Waals surface area contributed by atoms with Crippen molar-refractivity contribution in [1.29, 1.82) is 0 Å². The number of benzene rings is 2. The summed E-state index contributed by atoms with van der Waals surface area (Å²) in [5.41, 5.74) is 2.72. The maximum Gasteiger partial charge on any atom is 0.270 e. The van der Waals surface area contributed by atoms with Crippen LogP contribution in [-0.4, -0.2) is 46.9 Å². The van der Waals surface area contributed by atoms with E-state index < -0.39 is 4.92 Å². The average Bonchev–Trinajstić information content (AvgIpc) is 3.23. The summed E-state index contributed by atoms with van der Waals surface area (Å²) < 4.78 is 1.06. The molecule has 3 aromatic rings. The second kappa shape index (κ2) is 11.0. The third-order valence-corrected chi connectivity index (χ3v) is 6.42. The molecule has 0 aliphatic carbocycles. The number of amides is 1. The van der Waals surface area contributed by atoms with E-state index in [1.165, 1.54) is 35.1 Å². The van der Waals surface area contributed by atoms with Crippen molar-refractivity contribution in [2.24, 2.45) is 0 Å². The number of aryl methyl sites for hydroxylation is 1. The van der Waals surface area contributed by atoms with Gasteiger partial charge in [-0.15, -0.1) is 0 Å². The Labute approximate surface area is 192 Å². The maximum atomic E-state index is 13.2. The van der Waals surface area contributed by atoms with Gasteiger partial charge in [0.15, 0.2) is 5.13 Å². The summed E-state index contributed by atoms with van der Waals surface area (Å²) in [5, 5.41) is 11.7. The molecule has 0 saturated heterocycles. The Kier molecular flexibility index (Phi) is 8.08. The Balaban J connectivity index is 1.88. The number of non-ortho nitro benzene ring substituents is 1. The fraction of sp³-hybridized carbons (Fsp3) is 0.333. The number of aromatic nitrogens is 1. The first-order valence-corrected chi connectivity index (χ1v) is 11.6. The second-order valence-electron chi connectivity index (χ2n) is 7.35. The first-order chi connectivity index (χ1) is 15.4. The predicted octanol–water partition coefficient (Wildman–Crippen LogP) is 5.16. The van der Waals surface area contributed by atoms with Gasteiger partial charge in [0.1, 0.15) is 0 Å². The molecular formula is C24H28N4O3S. The number of anilines is 1. The van der Waals surface area contributed by atoms with Gasteiger partial charge in [0.25, 0.3) is 11.6 Å². The minimum atomic E-state index is -0.443. The zero-order chi connectivity index (χ0) is 23.1. The summed E-state index contributed by atoms with van der Waals surface area (Å²) in [7, 11) is 0. The third kappa shape index (κ3) is 5.77. The number of nitro groups is 1. The van der Waals surface area contributed by atoms with Crippen molar-refractivity contribution in [2.45, 2.75) is 27.2 Å². The summed E-state index contributed by atoms with van der Waals surface area (Å²) in [6.45, 7) is 9.37. The Morgan fingerprint density at radius 2 is 1.91 bits per heavy atom. The maximum absolute atomic E-state index is 13.2. The van der Waals surface area contributed by atoms with Crippen LogP contribution in [0.5, 0.6) is 0 Å². The summed E-state index contributed by atoms with van der Waals surface area (Å²) in [4.78, 5) is 32.4. The molecule has 0 aliphatic heterocycles. The molecule has 0 saturated carbocycles. The van der Waals surface area contributed by atoms with Gasteiger partial charge in [0, 0.05) is 31.3 Å². The van der Waals surface area contributed by atoms with E-state index in [-0.39, 0.29) is 11.6 Å². The highest BCUT2D eigenvalue weighted by Crippen LogP contribution is 2.30. The molecule has 168 valence electrons. The van der Waals surface area contributed by atoms with Crippen LogP contribution < -0.4 is 4.90 Å². The molecule has 0 fully saturated rings. The largest absolute Gasteiger partial charge is 0.302 e. The Morgan fingerprint density at radius 1 is 1.12 bits per heavy atom. The van der Waals surface area contributed by atoms with Crippen LogP contribution in [0.4, 0.5) is 10.8 Å². The molecule has 7 nitrogen and oxygen atoms in total. The number of carbonyl (C=O) groups excluding carboxylic acids is 1. The van der Waals surface area contributed by atoms with Crippen molar-refractivity contribution in [3.63, 3.8) is 0 Å². The van der Waals surface area contributed by atoms with Gasteiger partial charge in [-0.2, -0.15) is 0 Å². The summed E-state index contributed by atoms with van der Waals surface area (Å²) >= 11 is 1.51. The Hall–Kier alpha value is -3.10. The van der Waals surface area contributed by atoms with Gasteiger partial charge in [-0.05, 0) is 48.8 Å². The Morgan fingerprint density at radius 3 is 2.59 bits per heavy atom. The molecule has 0 unspecified atom stereocenters. The highest BCUT2D eigenvalue weighted by Gasteiger charge is 2.19. The summed E-state index contributed by atoms with van der Waals surface area (Å²) in [6.07, 6.45) is 4.02. The van der Waals surface area contributed by atoms with Crippen LogP contribution in [0.3, 0.4) is 0 Å². The van der Waals surface area contributed by atoms with Crippen LogP contribution >= 0.6 is 11.3 Å². The van der Waals surface area contributed by atoms with Crippen molar-refractivity contribution in [3.8, 4) is 0 Å². The molecule has 1 amide bonds. The zero-order valence-corrected chi connectivity index (χ0v) is 19.5. The molecule has 2 aromatic carbocycles. The van der Waals surface area contributed by atoms with E-state index in [9.17, 15) is 14.9 Å². The number of nitro benzene ring substituents is 1. The lowest BCUT2D eigenvalue weighted by Crippen LogP contribution is -2.38. The number of carbonyl (C=O) groups is 1. The highest BCUT2D eigenvalue weighted by atomic mass is 32.1. The number of thiazole rings is 1. The molecular weight excluding hydrogens is 424 g/mol. The van der Waals surface area contributed by atoms with Gasteiger partial charge < -0.3 is 4.90 Å². The van der Waals surface area contributed by atoms with Crippen LogP contribution in [-0.2, 0) is 11.2 Å². The van der Waals surface area contributed by atoms with E-state index in [2.05, 4.69) is 37.8 Å². The molecule has 0 radical (unpaired) electrons. The molecule has 0 spiro atoms. The monoisotopic (exact) mass is 452 g/mol. The topological polar surface area (TPSA) is 79.6 Å². The lowest BCUT2D eigenvalue weighted by Gasteiger charge is -2.23. The predicted molar refractivity (Wildman–Crippen MR) is 131 cm³/mol. The molecule has 0 atom stereocenters. The van der Waals surface area contributed by atoms with Crippen LogP contribution in [0, 0.1) is 10.1 Å². The molecule has 32 heavy (non-hydrogen) atoms. The molecule has 0 aliphatic rings. The first-order valence-electron chi connectivity index (χ1n) is 10.8. The van der Waals surface area contributed by atoms with E-state index in [0.29, 0.717) is 17.2 Å². The smallest absolute Gasteiger partial charge is 0.270 e. The van der Waals surface area contributed by atoms with Crippen molar-refractivity contribution >= 4 is 44.4 Å². The number of likely N-dealkylation sites (N-methyl/N-ethyl adjacent to an activating group) is 1. The number of fused-ring (bicyclic) bond motifs is 1. The van der Waals surface area contributed by atoms with E-state index in [0.717, 1.165) is 36.3 Å². The van der Waals surface area contributed by atoms with E-state index >= 15 is 0 Å². The van der Waals surface area contributed by atoms with Gasteiger partial charge in [-0.25, -0.2) is 4.98 Å². The second-order valence-corrected chi connectivity index (χ2v) is 8.36. The number of hydrogen-bond donors (Lipinski definition) is 0. The average molecular weight is 453 g/mol. The van der Waals surface area contributed by atoms with Crippen LogP contribution in [0.25, 0.3) is 16.3 Å². The molecule has 1 aromatic heterocycles. The van der Waals surface area contributed by atoms with Crippen molar-refractivity contribution in [2.75, 3.05) is 31.1 Å². The Bertz CT molecular complexity index is 1120. The van der Waals surface area contributed by atoms with E-state index in [1.807, 2.05) is 6.07 Å². The van der Waals surface area contributed by atoms with Crippen molar-refractivity contribution in [3.05, 3.63) is 69.8 Å². The molecule has 0 N–H and O–H groups in total. The lowest BCUT2D eigenvalue weighted by molar-refractivity contribution is -0.384. The van der Waals surface area contributed by atoms with Gasteiger partial charge in [0.05, 0.1) is 15.1 Å². The summed E-state index contributed by atoms with van der Waals surface area (Å²) in [6, 6.07) is 12.4. The molecule has 8 heteroatoms. The third-order valence-electron chi connectivity index (χ3n) is 5.38. The lowest BCUT2D eigenvalue weighted by atomic mass is 10.2. The fourth-order valence-corrected chi connectivity index (χ4v) is 4.43. The number of nitrogens with zero attached hydrogens (tertiary/aromatic N) is 4. The number of rotatable bonds is 10. The molecule has 1 heterocycles. The van der Waals surface area contributed by atoms with Crippen LogP contribution in [0.1, 0.15) is 31.9 Å². The summed E-state index contributed by atoms with van der Waals surface area (Å²) in [5.74, 6) is -0.196. The van der Waals surface area contributed by atoms with E-state index in [1.54, 1.807) is 23.1 Å². The molecule has 0 bridgehead atoms. The normalized spacial score (nSPS) is 11.5. The minimum Gasteiger partial charge on any atom is -0.302 e. The fourth-order valence-electron chi connectivity index (χ4n) is 3.37. The van der Waals surface area contributed by atoms with Crippen molar-refractivity contribution < 1.29 is 9.72 Å². The van der Waals surface area contributed by atoms with Crippen LogP contribution in [0.2, 0.25) is 0 Å². The van der Waals surface area contributed by atoms with E-state index in [4.69, 9.17) is 4.98 Å². The zero-order valence-electron chi connectivity index (χ0n) is 18.7. The standard InChI is InChI=1S/C24H28N4O3S/c1-4-18-10-12-21-22(17-18)32-24(25-21)27(15-14-26(5-2)6-3)23(29)13-11-19-8-7-9-20(16-19)28(30)31/h7-13,16-17H,4-6,14-15H2,1-3H3. The SMILES string of the molecule is CCc1ccc2nc(N(CCN(CC)CC)C(=O)C=Cc3cccc([N+](=O)[O-])c3)sc2c1. The van der Waals surface area contributed by atoms with Gasteiger partial charge in [0.2, 0.25) is 0 Å². The molecule has 3 rings (SSSR count). The van der Waals surface area contributed by atoms with Crippen LogP contribution in [0.15, 0.2) is 48.5 Å². The van der Waals surface area contributed by atoms with Gasteiger partial charge >= 0.3 is 0 Å². The highest BCUT2D eigenvalue weighted by molar-refractivity contribution is 7.22. The minimum absolute atomic E-state index is 0.00381. The first kappa shape index (κ1) is 23.6. The van der Waals surface area contributed by atoms with Gasteiger partial charge in [-0.3, -0.25) is 19.8 Å². The van der Waals surface area contributed by atoms with Gasteiger partial charge in [-0.1, -0.05) is 50.3 Å².